The molecule has 0 heterocycles. The van der Waals surface area contributed by atoms with Gasteiger partial charge in [0, 0.05) is 5.56 Å². The highest BCUT2D eigenvalue weighted by Gasteiger charge is 2.09. The van der Waals surface area contributed by atoms with Crippen molar-refractivity contribution in [3.63, 3.8) is 0 Å². The molecule has 0 aliphatic rings. The monoisotopic (exact) mass is 267 g/mol. The Balaban J connectivity index is 2.53. The van der Waals surface area contributed by atoms with Crippen LogP contribution in [0, 0.1) is 5.82 Å². The van der Waals surface area contributed by atoms with Gasteiger partial charge >= 0.3 is 0 Å². The van der Waals surface area contributed by atoms with Gasteiger partial charge < -0.3 is 9.94 Å². The van der Waals surface area contributed by atoms with Gasteiger partial charge in [-0.15, -0.1) is 0 Å². The normalized spacial score (nSPS) is 11.6. The molecule has 1 aromatic carbocycles. The van der Waals surface area contributed by atoms with E-state index in [1.807, 2.05) is 0 Å². The maximum absolute atomic E-state index is 13.2. The lowest BCUT2D eigenvalue weighted by Crippen LogP contribution is -2.04. The van der Waals surface area contributed by atoms with E-state index >= 15 is 0 Å². The molecule has 1 N–H and O–H groups in total. The van der Waals surface area contributed by atoms with Crippen LogP contribution in [0.25, 0.3) is 0 Å². The summed E-state index contributed by atoms with van der Waals surface area (Å²) in [5, 5.41) is 11.9. The van der Waals surface area contributed by atoms with Crippen LogP contribution in [-0.4, -0.2) is 17.5 Å². The molecule has 0 aliphatic heterocycles. The Kier molecular flexibility index (Phi) is 6.93. The number of nitrogens with zero attached hydrogens (tertiary/aromatic N) is 1. The summed E-state index contributed by atoms with van der Waals surface area (Å²) in [6.45, 7) is 4.39. The minimum atomic E-state index is -0.367. The molecule has 0 atom stereocenters. The summed E-state index contributed by atoms with van der Waals surface area (Å²) in [6, 6.07) is 4.24. The van der Waals surface area contributed by atoms with Crippen molar-refractivity contribution in [1.29, 1.82) is 0 Å². The van der Waals surface area contributed by atoms with E-state index in [4.69, 9.17) is 9.94 Å². The van der Waals surface area contributed by atoms with Gasteiger partial charge in [-0.25, -0.2) is 4.39 Å². The average Bonchev–Trinajstić information content (AvgIpc) is 2.43. The zero-order valence-electron chi connectivity index (χ0n) is 11.7. The smallest absolute Gasteiger partial charge is 0.128 e. The van der Waals surface area contributed by atoms with Gasteiger partial charge in [0.2, 0.25) is 0 Å². The van der Waals surface area contributed by atoms with E-state index < -0.39 is 0 Å². The predicted octanol–water partition coefficient (Wildman–Crippen LogP) is 4.37. The van der Waals surface area contributed by atoms with E-state index in [1.165, 1.54) is 31.4 Å². The van der Waals surface area contributed by atoms with Crippen molar-refractivity contribution in [2.45, 2.75) is 46.0 Å². The maximum Gasteiger partial charge on any atom is 0.128 e. The minimum Gasteiger partial charge on any atom is -0.493 e. The summed E-state index contributed by atoms with van der Waals surface area (Å²) in [5.74, 6) is 0.195. The van der Waals surface area contributed by atoms with Crippen molar-refractivity contribution < 1.29 is 14.3 Å². The van der Waals surface area contributed by atoms with Crippen LogP contribution in [-0.2, 0) is 0 Å². The topological polar surface area (TPSA) is 41.8 Å². The van der Waals surface area contributed by atoms with E-state index in [2.05, 4.69) is 12.1 Å². The summed E-state index contributed by atoms with van der Waals surface area (Å²) in [5.41, 5.74) is 0.844. The molecule has 1 aromatic rings. The van der Waals surface area contributed by atoms with Crippen LogP contribution >= 0.6 is 0 Å². The molecule has 0 amide bonds. The number of rotatable bonds is 8. The van der Waals surface area contributed by atoms with Crippen LogP contribution in [0.2, 0.25) is 0 Å². The van der Waals surface area contributed by atoms with Crippen molar-refractivity contribution >= 4 is 5.71 Å². The van der Waals surface area contributed by atoms with Crippen molar-refractivity contribution in [2.24, 2.45) is 5.16 Å². The largest absolute Gasteiger partial charge is 0.493 e. The van der Waals surface area contributed by atoms with Gasteiger partial charge in [0.1, 0.15) is 11.6 Å². The van der Waals surface area contributed by atoms with Crippen LogP contribution in [0.3, 0.4) is 0 Å². The van der Waals surface area contributed by atoms with Crippen LogP contribution in [0.1, 0.15) is 51.5 Å². The molecule has 0 saturated heterocycles. The fraction of sp³-hybridized carbons (Fsp3) is 0.533. The highest BCUT2D eigenvalue weighted by atomic mass is 19.1. The fourth-order valence-electron chi connectivity index (χ4n) is 1.85. The summed E-state index contributed by atoms with van der Waals surface area (Å²) in [6.07, 6.45) is 5.80. The lowest BCUT2D eigenvalue weighted by atomic mass is 10.1. The number of hydrogen-bond acceptors (Lipinski definition) is 3. The van der Waals surface area contributed by atoms with Crippen molar-refractivity contribution in [1.82, 2.24) is 0 Å². The lowest BCUT2D eigenvalue weighted by molar-refractivity contribution is 0.301. The molecule has 106 valence electrons. The van der Waals surface area contributed by atoms with Gasteiger partial charge in [-0.2, -0.15) is 0 Å². The average molecular weight is 267 g/mol. The van der Waals surface area contributed by atoms with Gasteiger partial charge in [-0.05, 0) is 31.5 Å². The number of halogens is 1. The Morgan fingerprint density at radius 1 is 1.26 bits per heavy atom. The third kappa shape index (κ3) is 5.28. The first-order valence-electron chi connectivity index (χ1n) is 6.80. The molecule has 0 radical (unpaired) electrons. The number of unbranched alkanes of at least 4 members (excludes halogenated alkanes) is 4. The second-order valence-corrected chi connectivity index (χ2v) is 4.59. The summed E-state index contributed by atoms with van der Waals surface area (Å²) < 4.78 is 18.8. The summed E-state index contributed by atoms with van der Waals surface area (Å²) in [4.78, 5) is 0. The first kappa shape index (κ1) is 15.5. The van der Waals surface area contributed by atoms with Gasteiger partial charge in [0.15, 0.2) is 0 Å². The Morgan fingerprint density at radius 2 is 2.00 bits per heavy atom. The molecule has 19 heavy (non-hydrogen) atoms. The van der Waals surface area contributed by atoms with Gasteiger partial charge in [-0.3, -0.25) is 0 Å². The van der Waals surface area contributed by atoms with Crippen molar-refractivity contribution in [3.05, 3.63) is 29.6 Å². The van der Waals surface area contributed by atoms with E-state index in [0.29, 0.717) is 23.6 Å². The first-order valence-corrected chi connectivity index (χ1v) is 6.80. The molecule has 0 spiro atoms. The van der Waals surface area contributed by atoms with Crippen molar-refractivity contribution in [3.8, 4) is 5.75 Å². The molecule has 0 aliphatic carbocycles. The van der Waals surface area contributed by atoms with Crippen LogP contribution in [0.15, 0.2) is 23.4 Å². The van der Waals surface area contributed by atoms with Gasteiger partial charge in [0.25, 0.3) is 0 Å². The molecule has 1 rings (SSSR count). The molecule has 3 nitrogen and oxygen atoms in total. The van der Waals surface area contributed by atoms with Crippen LogP contribution in [0.5, 0.6) is 5.75 Å². The zero-order valence-corrected chi connectivity index (χ0v) is 11.7. The third-order valence-electron chi connectivity index (χ3n) is 2.99. The molecule has 0 unspecified atom stereocenters. The van der Waals surface area contributed by atoms with Crippen LogP contribution in [0.4, 0.5) is 4.39 Å². The summed E-state index contributed by atoms with van der Waals surface area (Å²) in [7, 11) is 0. The number of benzene rings is 1. The number of hydrogen-bond donors (Lipinski definition) is 1. The molecular formula is C15H22FNO2. The molecule has 0 aromatic heterocycles. The standard InChI is InChI=1S/C15H22FNO2/c1-3-4-5-6-7-10-19-15-9-8-13(16)11-14(15)12(2)17-18/h8-9,11,18H,3-7,10H2,1-2H3. The predicted molar refractivity (Wildman–Crippen MR) is 74.7 cm³/mol. The molecule has 0 fully saturated rings. The lowest BCUT2D eigenvalue weighted by Gasteiger charge is -2.10. The Labute approximate surface area is 114 Å². The van der Waals surface area contributed by atoms with E-state index in [9.17, 15) is 4.39 Å². The number of ether oxygens (including phenoxy) is 1. The Hall–Kier alpha value is -1.58. The minimum absolute atomic E-state index is 0.348. The quantitative estimate of drug-likeness (QED) is 0.329. The van der Waals surface area contributed by atoms with E-state index in [-0.39, 0.29) is 5.82 Å². The number of oxime groups is 1. The second kappa shape index (κ2) is 8.51. The summed E-state index contributed by atoms with van der Waals surface area (Å²) >= 11 is 0. The maximum atomic E-state index is 13.2. The van der Waals surface area contributed by atoms with E-state index in [1.54, 1.807) is 13.0 Å². The second-order valence-electron chi connectivity index (χ2n) is 4.59. The molecular weight excluding hydrogens is 245 g/mol. The zero-order chi connectivity index (χ0) is 14.1. The SMILES string of the molecule is CCCCCCCOc1ccc(F)cc1C(C)=NO. The molecule has 0 bridgehead atoms. The highest BCUT2D eigenvalue weighted by molar-refractivity contribution is 6.00. The first-order chi connectivity index (χ1) is 9.19. The highest BCUT2D eigenvalue weighted by Crippen LogP contribution is 2.21. The van der Waals surface area contributed by atoms with Crippen molar-refractivity contribution in [2.75, 3.05) is 6.61 Å². The van der Waals surface area contributed by atoms with Crippen LogP contribution < -0.4 is 4.74 Å². The molecule has 0 saturated carbocycles. The molecule has 4 heteroatoms. The fourth-order valence-corrected chi connectivity index (χ4v) is 1.85. The Bertz CT molecular complexity index is 419. The Morgan fingerprint density at radius 3 is 2.68 bits per heavy atom. The third-order valence-corrected chi connectivity index (χ3v) is 2.99. The van der Waals surface area contributed by atoms with Gasteiger partial charge in [-0.1, -0.05) is 37.8 Å². The van der Waals surface area contributed by atoms with Gasteiger partial charge in [0.05, 0.1) is 12.3 Å². The van der Waals surface area contributed by atoms with E-state index in [0.717, 1.165) is 12.8 Å².